The van der Waals surface area contributed by atoms with Gasteiger partial charge in [-0.25, -0.2) is 0 Å². The van der Waals surface area contributed by atoms with Crippen molar-refractivity contribution in [2.45, 2.75) is 254 Å². The predicted molar refractivity (Wildman–Crippen MR) is 231 cm³/mol. The third-order valence-electron chi connectivity index (χ3n) is 12.0. The van der Waals surface area contributed by atoms with Crippen molar-refractivity contribution in [1.82, 2.24) is 5.32 Å². The normalized spacial score (nSPS) is 28.3. The van der Waals surface area contributed by atoms with E-state index in [1.165, 1.54) is 116 Å². The Morgan fingerprint density at radius 3 is 1.53 bits per heavy atom. The Hall–Kier alpha value is -1.27. The summed E-state index contributed by atoms with van der Waals surface area (Å²) >= 11 is 0. The Labute approximate surface area is 361 Å². The maximum absolute atomic E-state index is 13.1. The minimum absolute atomic E-state index is 0.242. The van der Waals surface area contributed by atoms with Crippen LogP contribution in [0, 0.1) is 0 Å². The van der Waals surface area contributed by atoms with E-state index in [4.69, 9.17) is 18.9 Å². The lowest BCUT2D eigenvalue weighted by Crippen LogP contribution is -2.65. The monoisotopic (exact) mass is 862 g/mol. The number of carbonyl (C=O) groups excluding carboxylic acids is 1. The smallest absolute Gasteiger partial charge is 0.220 e. The van der Waals surface area contributed by atoms with Gasteiger partial charge in [-0.05, 0) is 19.3 Å². The molecule has 2 aliphatic heterocycles. The zero-order chi connectivity index (χ0) is 44.0. The van der Waals surface area contributed by atoms with Crippen LogP contribution < -0.4 is 5.32 Å². The SMILES string of the molecule is CCCCCCCCCCCCCCCC/C=C/C(O)C(COC1OC(CO)C(OC2OC(CO)C(O)C(O)C2O)C(O)C1O)NC(=O)CCCCCCCCCCCC. The molecule has 2 rings (SSSR count). The molecule has 0 bridgehead atoms. The molecule has 60 heavy (non-hydrogen) atoms. The Kier molecular flexibility index (Phi) is 31.3. The van der Waals surface area contributed by atoms with Gasteiger partial charge in [0.25, 0.3) is 0 Å². The lowest BCUT2D eigenvalue weighted by Gasteiger charge is -2.46. The van der Waals surface area contributed by atoms with Gasteiger partial charge in [-0.2, -0.15) is 0 Å². The highest BCUT2D eigenvalue weighted by molar-refractivity contribution is 5.76. The molecule has 0 aliphatic carbocycles. The first-order valence-corrected chi connectivity index (χ1v) is 23.9. The van der Waals surface area contributed by atoms with Crippen LogP contribution in [0.15, 0.2) is 12.2 Å². The van der Waals surface area contributed by atoms with Gasteiger partial charge >= 0.3 is 0 Å². The molecule has 354 valence electrons. The Bertz CT molecular complexity index is 1070. The maximum Gasteiger partial charge on any atom is 0.220 e. The highest BCUT2D eigenvalue weighted by atomic mass is 16.7. The number of nitrogens with one attached hydrogen (secondary N) is 1. The first kappa shape index (κ1) is 54.9. The van der Waals surface area contributed by atoms with Gasteiger partial charge in [-0.1, -0.05) is 167 Å². The molecule has 0 saturated carbocycles. The molecule has 0 aromatic carbocycles. The molecule has 14 heteroatoms. The molecule has 0 aromatic rings. The third-order valence-corrected chi connectivity index (χ3v) is 12.0. The zero-order valence-corrected chi connectivity index (χ0v) is 37.2. The summed E-state index contributed by atoms with van der Waals surface area (Å²) in [5, 5.41) is 86.5. The summed E-state index contributed by atoms with van der Waals surface area (Å²) in [4.78, 5) is 13.1. The molecule has 2 aliphatic rings. The van der Waals surface area contributed by atoms with Crippen LogP contribution in [0.2, 0.25) is 0 Å². The standard InChI is InChI=1S/C46H87NO13/c1-3-5-7-9-11-13-15-16-17-18-19-20-21-23-25-27-29-35(50)34(47-38(51)30-28-26-24-22-14-12-10-8-6-4-2)33-57-45-43(56)41(54)44(37(32-49)59-45)60-46-42(55)40(53)39(52)36(31-48)58-46/h27,29,34-37,39-46,48-50,52-56H,3-26,28,30-33H2,1-2H3,(H,47,51)/b29-27+. The van der Waals surface area contributed by atoms with E-state index in [0.29, 0.717) is 6.42 Å². The molecular weight excluding hydrogens is 774 g/mol. The van der Waals surface area contributed by atoms with Crippen molar-refractivity contribution in [2.24, 2.45) is 0 Å². The van der Waals surface area contributed by atoms with Crippen LogP contribution in [0.1, 0.15) is 181 Å². The second-order valence-corrected chi connectivity index (χ2v) is 17.2. The fourth-order valence-corrected chi connectivity index (χ4v) is 8.00. The van der Waals surface area contributed by atoms with Gasteiger partial charge in [0.15, 0.2) is 12.6 Å². The van der Waals surface area contributed by atoms with Crippen LogP contribution in [-0.2, 0) is 23.7 Å². The molecule has 12 atom stereocenters. The summed E-state index contributed by atoms with van der Waals surface area (Å²) in [6, 6.07) is -0.906. The number of aliphatic hydroxyl groups is 8. The van der Waals surface area contributed by atoms with Crippen molar-refractivity contribution in [1.29, 1.82) is 0 Å². The summed E-state index contributed by atoms with van der Waals surface area (Å²) in [7, 11) is 0. The van der Waals surface area contributed by atoms with Gasteiger partial charge < -0.3 is 65.1 Å². The topological polar surface area (TPSA) is 228 Å². The molecule has 9 N–H and O–H groups in total. The third kappa shape index (κ3) is 21.9. The fraction of sp³-hybridized carbons (Fsp3) is 0.935. The average Bonchev–Trinajstić information content (AvgIpc) is 3.24. The highest BCUT2D eigenvalue weighted by Gasteiger charge is 2.51. The summed E-state index contributed by atoms with van der Waals surface area (Å²) in [6.45, 7) is 2.76. The lowest BCUT2D eigenvalue weighted by atomic mass is 9.97. The first-order chi connectivity index (χ1) is 29.1. The van der Waals surface area contributed by atoms with E-state index in [0.717, 1.165) is 38.5 Å². The fourth-order valence-electron chi connectivity index (χ4n) is 8.00. The molecule has 2 saturated heterocycles. The lowest BCUT2D eigenvalue weighted by molar-refractivity contribution is -0.359. The van der Waals surface area contributed by atoms with E-state index in [1.807, 2.05) is 6.08 Å². The van der Waals surface area contributed by atoms with E-state index in [2.05, 4.69) is 19.2 Å². The van der Waals surface area contributed by atoms with Crippen LogP contribution in [0.5, 0.6) is 0 Å². The van der Waals surface area contributed by atoms with Gasteiger partial charge in [-0.15, -0.1) is 0 Å². The molecule has 0 radical (unpaired) electrons. The molecule has 0 spiro atoms. The number of hydrogen-bond acceptors (Lipinski definition) is 13. The largest absolute Gasteiger partial charge is 0.394 e. The second kappa shape index (κ2) is 34.2. The van der Waals surface area contributed by atoms with Gasteiger partial charge in [0, 0.05) is 6.42 Å². The minimum Gasteiger partial charge on any atom is -0.394 e. The van der Waals surface area contributed by atoms with Crippen molar-refractivity contribution in [2.75, 3.05) is 19.8 Å². The summed E-state index contributed by atoms with van der Waals surface area (Å²) in [6.07, 6.45) is 16.9. The summed E-state index contributed by atoms with van der Waals surface area (Å²) in [5.41, 5.74) is 0. The van der Waals surface area contributed by atoms with E-state index >= 15 is 0 Å². The van der Waals surface area contributed by atoms with Crippen molar-refractivity contribution in [3.63, 3.8) is 0 Å². The number of amides is 1. The van der Waals surface area contributed by atoms with E-state index in [9.17, 15) is 45.6 Å². The quantitative estimate of drug-likeness (QED) is 0.0292. The number of carbonyl (C=O) groups is 1. The van der Waals surface area contributed by atoms with Crippen molar-refractivity contribution in [3.8, 4) is 0 Å². The Balaban J connectivity index is 1.88. The molecule has 2 fully saturated rings. The van der Waals surface area contributed by atoms with Crippen LogP contribution in [0.3, 0.4) is 0 Å². The van der Waals surface area contributed by atoms with Gasteiger partial charge in [0.2, 0.25) is 5.91 Å². The molecule has 0 aromatic heterocycles. The van der Waals surface area contributed by atoms with Crippen molar-refractivity contribution < 1.29 is 64.6 Å². The van der Waals surface area contributed by atoms with Gasteiger partial charge in [0.05, 0.1) is 32.0 Å². The first-order valence-electron chi connectivity index (χ1n) is 23.9. The second-order valence-electron chi connectivity index (χ2n) is 17.2. The van der Waals surface area contributed by atoms with Crippen LogP contribution in [-0.4, -0.2) is 140 Å². The maximum atomic E-state index is 13.1. The minimum atomic E-state index is -1.78. The average molecular weight is 862 g/mol. The Morgan fingerprint density at radius 2 is 1.03 bits per heavy atom. The zero-order valence-electron chi connectivity index (χ0n) is 37.2. The molecule has 2 heterocycles. The summed E-state index contributed by atoms with van der Waals surface area (Å²) < 4.78 is 22.6. The number of aliphatic hydroxyl groups excluding tert-OH is 8. The van der Waals surface area contributed by atoms with Crippen molar-refractivity contribution >= 4 is 5.91 Å². The highest BCUT2D eigenvalue weighted by Crippen LogP contribution is 2.30. The van der Waals surface area contributed by atoms with Crippen LogP contribution in [0.25, 0.3) is 0 Å². The molecule has 14 nitrogen and oxygen atoms in total. The number of rotatable bonds is 36. The van der Waals surface area contributed by atoms with E-state index in [1.54, 1.807) is 6.08 Å². The number of unbranched alkanes of at least 4 members (excludes halogenated alkanes) is 23. The Morgan fingerprint density at radius 1 is 0.583 bits per heavy atom. The number of allylic oxidation sites excluding steroid dienone is 1. The number of hydrogen-bond donors (Lipinski definition) is 9. The van der Waals surface area contributed by atoms with Gasteiger partial charge in [-0.3, -0.25) is 4.79 Å². The van der Waals surface area contributed by atoms with E-state index in [-0.39, 0.29) is 18.9 Å². The summed E-state index contributed by atoms with van der Waals surface area (Å²) in [5.74, 6) is -0.242. The van der Waals surface area contributed by atoms with Crippen molar-refractivity contribution in [3.05, 3.63) is 12.2 Å². The van der Waals surface area contributed by atoms with Gasteiger partial charge in [0.1, 0.15) is 48.8 Å². The molecular formula is C46H87NO13. The number of ether oxygens (including phenoxy) is 4. The van der Waals surface area contributed by atoms with Crippen LogP contribution in [0.4, 0.5) is 0 Å². The molecule has 1 amide bonds. The predicted octanol–water partition coefficient (Wildman–Crippen LogP) is 5.21. The molecule has 12 unspecified atom stereocenters. The van der Waals surface area contributed by atoms with Crippen LogP contribution >= 0.6 is 0 Å². The van der Waals surface area contributed by atoms with E-state index < -0.39 is 86.8 Å².